The monoisotopic (exact) mass is 255 g/mol. The van der Waals surface area contributed by atoms with Crippen molar-refractivity contribution in [3.8, 4) is 0 Å². The maximum atomic E-state index is 8.69. The number of rotatable bonds is 9. The van der Waals surface area contributed by atoms with Gasteiger partial charge in [0.1, 0.15) is 5.84 Å². The van der Waals surface area contributed by atoms with Crippen LogP contribution in [0.15, 0.2) is 5.16 Å². The van der Waals surface area contributed by atoms with Crippen LogP contribution >= 0.6 is 0 Å². The van der Waals surface area contributed by atoms with E-state index in [-0.39, 0.29) is 5.41 Å². The molecule has 0 aromatic rings. The number of hydrogen-bond donors (Lipinski definition) is 2. The Morgan fingerprint density at radius 1 is 1.39 bits per heavy atom. The first-order valence-electron chi connectivity index (χ1n) is 7.23. The van der Waals surface area contributed by atoms with Crippen LogP contribution in [0.5, 0.6) is 0 Å². The van der Waals surface area contributed by atoms with E-state index in [2.05, 4.69) is 30.8 Å². The fraction of sp³-hybridized carbons (Fsp3) is 0.929. The van der Waals surface area contributed by atoms with Gasteiger partial charge in [-0.05, 0) is 45.1 Å². The van der Waals surface area contributed by atoms with Crippen molar-refractivity contribution in [2.24, 2.45) is 16.3 Å². The molecule has 0 radical (unpaired) electrons. The third kappa shape index (κ3) is 4.84. The van der Waals surface area contributed by atoms with Crippen molar-refractivity contribution in [2.45, 2.75) is 65.3 Å². The predicted molar refractivity (Wildman–Crippen MR) is 75.9 cm³/mol. The number of amidine groups is 1. The van der Waals surface area contributed by atoms with E-state index >= 15 is 0 Å². The van der Waals surface area contributed by atoms with Crippen molar-refractivity contribution < 1.29 is 5.21 Å². The Hall–Kier alpha value is -0.770. The van der Waals surface area contributed by atoms with E-state index in [1.165, 1.54) is 38.6 Å². The van der Waals surface area contributed by atoms with Crippen molar-refractivity contribution in [2.75, 3.05) is 13.1 Å². The van der Waals surface area contributed by atoms with Gasteiger partial charge in [0, 0.05) is 19.0 Å². The summed E-state index contributed by atoms with van der Waals surface area (Å²) in [5.41, 5.74) is 5.94. The molecule has 18 heavy (non-hydrogen) atoms. The number of oxime groups is 1. The summed E-state index contributed by atoms with van der Waals surface area (Å²) in [4.78, 5) is 2.55. The molecule has 0 saturated heterocycles. The molecule has 1 saturated carbocycles. The van der Waals surface area contributed by atoms with Crippen LogP contribution in [-0.4, -0.2) is 35.1 Å². The Morgan fingerprint density at radius 2 is 2.06 bits per heavy atom. The first kappa shape index (κ1) is 15.3. The molecule has 4 nitrogen and oxygen atoms in total. The van der Waals surface area contributed by atoms with Crippen molar-refractivity contribution in [3.63, 3.8) is 0 Å². The first-order chi connectivity index (χ1) is 8.53. The molecule has 0 spiro atoms. The number of nitrogens with two attached hydrogens (primary N) is 1. The van der Waals surface area contributed by atoms with E-state index in [0.717, 1.165) is 13.0 Å². The summed E-state index contributed by atoms with van der Waals surface area (Å²) in [5.74, 6) is 0.379. The summed E-state index contributed by atoms with van der Waals surface area (Å²) in [5, 5.41) is 11.8. The van der Waals surface area contributed by atoms with E-state index in [0.29, 0.717) is 11.9 Å². The number of hydrogen-bond acceptors (Lipinski definition) is 3. The van der Waals surface area contributed by atoms with Gasteiger partial charge >= 0.3 is 0 Å². The highest BCUT2D eigenvalue weighted by Crippen LogP contribution is 2.49. The molecule has 1 aliphatic carbocycles. The van der Waals surface area contributed by atoms with Crippen LogP contribution in [-0.2, 0) is 0 Å². The Labute approximate surface area is 111 Å². The van der Waals surface area contributed by atoms with Crippen LogP contribution in [0.4, 0.5) is 0 Å². The molecule has 4 heteroatoms. The Kier molecular flexibility index (Phi) is 5.93. The van der Waals surface area contributed by atoms with Gasteiger partial charge in [-0.25, -0.2) is 0 Å². The maximum Gasteiger partial charge on any atom is 0.139 e. The van der Waals surface area contributed by atoms with Crippen LogP contribution in [0.1, 0.15) is 59.3 Å². The van der Waals surface area contributed by atoms with E-state index in [4.69, 9.17) is 10.9 Å². The minimum Gasteiger partial charge on any atom is -0.409 e. The van der Waals surface area contributed by atoms with Gasteiger partial charge in [-0.1, -0.05) is 24.9 Å². The minimum atomic E-state index is 0.285. The second-order valence-electron chi connectivity index (χ2n) is 6.04. The molecule has 0 atom stereocenters. The van der Waals surface area contributed by atoms with Gasteiger partial charge in [-0.2, -0.15) is 0 Å². The van der Waals surface area contributed by atoms with Crippen LogP contribution in [0.25, 0.3) is 0 Å². The molecule has 0 bridgehead atoms. The Balaban J connectivity index is 2.45. The zero-order valence-electron chi connectivity index (χ0n) is 12.2. The van der Waals surface area contributed by atoms with E-state index < -0.39 is 0 Å². The average molecular weight is 255 g/mol. The summed E-state index contributed by atoms with van der Waals surface area (Å²) in [7, 11) is 0. The lowest BCUT2D eigenvalue weighted by Gasteiger charge is -2.30. The summed E-state index contributed by atoms with van der Waals surface area (Å²) in [6.07, 6.45) is 6.99. The summed E-state index contributed by atoms with van der Waals surface area (Å²) in [6.45, 7) is 9.01. The zero-order chi connectivity index (χ0) is 13.6. The van der Waals surface area contributed by atoms with Crippen molar-refractivity contribution in [3.05, 3.63) is 0 Å². The topological polar surface area (TPSA) is 61.8 Å². The third-order valence-electron chi connectivity index (χ3n) is 3.96. The lowest BCUT2D eigenvalue weighted by molar-refractivity contribution is 0.175. The van der Waals surface area contributed by atoms with Crippen LogP contribution in [0, 0.1) is 5.41 Å². The molecule has 0 unspecified atom stereocenters. The molecule has 0 aromatic carbocycles. The summed E-state index contributed by atoms with van der Waals surface area (Å²) < 4.78 is 0. The van der Waals surface area contributed by atoms with Crippen LogP contribution < -0.4 is 5.73 Å². The molecular weight excluding hydrogens is 226 g/mol. The van der Waals surface area contributed by atoms with Crippen LogP contribution in [0.3, 0.4) is 0 Å². The molecule has 1 fully saturated rings. The second kappa shape index (κ2) is 6.98. The Morgan fingerprint density at radius 3 is 2.50 bits per heavy atom. The smallest absolute Gasteiger partial charge is 0.139 e. The van der Waals surface area contributed by atoms with E-state index in [1.807, 2.05) is 0 Å². The first-order valence-corrected chi connectivity index (χ1v) is 7.23. The maximum absolute atomic E-state index is 8.69. The van der Waals surface area contributed by atoms with E-state index in [9.17, 15) is 0 Å². The fourth-order valence-corrected chi connectivity index (χ4v) is 2.50. The van der Waals surface area contributed by atoms with Gasteiger partial charge in [-0.3, -0.25) is 0 Å². The fourth-order valence-electron chi connectivity index (χ4n) is 2.50. The standard InChI is InChI=1S/C14H29N3O/c1-4-5-6-9-17(12(2)3)11-14(7-8-14)10-13(15)16-18/h12,18H,4-11H2,1-3H3,(H2,15,16). The summed E-state index contributed by atoms with van der Waals surface area (Å²) in [6, 6.07) is 0.576. The second-order valence-corrected chi connectivity index (χ2v) is 6.04. The third-order valence-corrected chi connectivity index (χ3v) is 3.96. The number of nitrogens with zero attached hydrogens (tertiary/aromatic N) is 2. The van der Waals surface area contributed by atoms with Gasteiger partial charge in [0.15, 0.2) is 0 Å². The molecule has 0 heterocycles. The predicted octanol–water partition coefficient (Wildman–Crippen LogP) is 2.80. The summed E-state index contributed by atoms with van der Waals surface area (Å²) >= 11 is 0. The van der Waals surface area contributed by atoms with Crippen molar-refractivity contribution in [1.29, 1.82) is 0 Å². The molecule has 1 rings (SSSR count). The number of unbranched alkanes of at least 4 members (excludes halogenated alkanes) is 2. The highest BCUT2D eigenvalue weighted by atomic mass is 16.4. The quantitative estimate of drug-likeness (QED) is 0.219. The van der Waals surface area contributed by atoms with Gasteiger partial charge in [0.2, 0.25) is 0 Å². The lowest BCUT2D eigenvalue weighted by Crippen LogP contribution is -2.38. The van der Waals surface area contributed by atoms with Crippen LogP contribution in [0.2, 0.25) is 0 Å². The van der Waals surface area contributed by atoms with Gasteiger partial charge in [0.25, 0.3) is 0 Å². The van der Waals surface area contributed by atoms with Gasteiger partial charge < -0.3 is 15.8 Å². The molecule has 0 aliphatic heterocycles. The largest absolute Gasteiger partial charge is 0.409 e. The molecule has 1 aliphatic rings. The van der Waals surface area contributed by atoms with Gasteiger partial charge in [0.05, 0.1) is 0 Å². The average Bonchev–Trinajstić information content (AvgIpc) is 3.07. The van der Waals surface area contributed by atoms with E-state index in [1.54, 1.807) is 0 Å². The normalized spacial score (nSPS) is 18.6. The molecule has 106 valence electrons. The molecular formula is C14H29N3O. The van der Waals surface area contributed by atoms with Crippen molar-refractivity contribution in [1.82, 2.24) is 4.90 Å². The van der Waals surface area contributed by atoms with Gasteiger partial charge in [-0.15, -0.1) is 0 Å². The minimum absolute atomic E-state index is 0.285. The highest BCUT2D eigenvalue weighted by molar-refractivity contribution is 5.80. The lowest BCUT2D eigenvalue weighted by atomic mass is 10.00. The molecule has 0 aromatic heterocycles. The Bertz CT molecular complexity index is 272. The molecule has 3 N–H and O–H groups in total. The SMILES string of the molecule is CCCCCN(CC1(CC(N)=NO)CC1)C(C)C. The van der Waals surface area contributed by atoms with Crippen molar-refractivity contribution >= 4 is 5.84 Å². The molecule has 0 amide bonds. The zero-order valence-corrected chi connectivity index (χ0v) is 12.2. The highest BCUT2D eigenvalue weighted by Gasteiger charge is 2.44.